The van der Waals surface area contributed by atoms with E-state index in [2.05, 4.69) is 14.8 Å². The first-order valence-corrected chi connectivity index (χ1v) is 3.95. The number of nitrogens with zero attached hydrogens (tertiary/aromatic N) is 3. The molecule has 0 unspecified atom stereocenters. The van der Waals surface area contributed by atoms with Gasteiger partial charge in [0.15, 0.2) is 11.9 Å². The first-order chi connectivity index (χ1) is 7.22. The fourth-order valence-corrected chi connectivity index (χ4v) is 1.20. The van der Waals surface area contributed by atoms with E-state index in [4.69, 9.17) is 0 Å². The van der Waals surface area contributed by atoms with Crippen molar-refractivity contribution in [1.82, 2.24) is 14.7 Å². The van der Waals surface area contributed by atoms with Crippen LogP contribution in [-0.4, -0.2) is 27.6 Å². The summed E-state index contributed by atoms with van der Waals surface area (Å²) in [6.45, 7) is -2.98. The Morgan fingerprint density at radius 3 is 2.80 bits per heavy atom. The Morgan fingerprint density at radius 1 is 1.40 bits per heavy atom. The highest BCUT2D eigenvalue weighted by molar-refractivity contribution is 5.93. The van der Waals surface area contributed by atoms with Crippen LogP contribution < -0.4 is 4.84 Å². The summed E-state index contributed by atoms with van der Waals surface area (Å²) in [5, 5.41) is 0. The highest BCUT2D eigenvalue weighted by Gasteiger charge is 2.13. The minimum Gasteiger partial charge on any atom is -0.342 e. The minimum absolute atomic E-state index is 0.0832. The van der Waals surface area contributed by atoms with Crippen LogP contribution in [0.3, 0.4) is 0 Å². The van der Waals surface area contributed by atoms with Crippen LogP contribution in [0.15, 0.2) is 18.6 Å². The number of alkyl halides is 2. The lowest BCUT2D eigenvalue weighted by Crippen LogP contribution is -2.16. The summed E-state index contributed by atoms with van der Waals surface area (Å²) in [5.41, 5.74) is 0.465. The number of carbonyl (C=O) groups excluding carboxylic acids is 1. The first-order valence-electron chi connectivity index (χ1n) is 3.95. The molecule has 2 rings (SSSR count). The Balaban J connectivity index is 2.59. The quantitative estimate of drug-likeness (QED) is 0.710. The highest BCUT2D eigenvalue weighted by Crippen LogP contribution is 2.14. The van der Waals surface area contributed by atoms with Crippen molar-refractivity contribution < 1.29 is 18.4 Å². The number of aromatic nitrogens is 3. The third-order valence-corrected chi connectivity index (χ3v) is 1.74. The average Bonchev–Trinajstić information content (AvgIpc) is 2.56. The zero-order chi connectivity index (χ0) is 10.8. The topological polar surface area (TPSA) is 57.0 Å². The molecule has 0 atom stereocenters. The zero-order valence-corrected chi connectivity index (χ0v) is 7.30. The Bertz CT molecular complexity index is 498. The predicted octanol–water partition coefficient (Wildman–Crippen LogP) is 0.895. The van der Waals surface area contributed by atoms with E-state index in [1.807, 2.05) is 0 Å². The first kappa shape index (κ1) is 9.50. The second kappa shape index (κ2) is 3.60. The Morgan fingerprint density at radius 2 is 2.13 bits per heavy atom. The Kier molecular flexibility index (Phi) is 2.28. The monoisotopic (exact) mass is 213 g/mol. The molecular weight excluding hydrogens is 208 g/mol. The van der Waals surface area contributed by atoms with Crippen molar-refractivity contribution in [1.29, 1.82) is 0 Å². The van der Waals surface area contributed by atoms with Gasteiger partial charge in [0.2, 0.25) is 0 Å². The summed E-state index contributed by atoms with van der Waals surface area (Å²) in [4.78, 5) is 22.4. The summed E-state index contributed by atoms with van der Waals surface area (Å²) in [6, 6.07) is 0. The van der Waals surface area contributed by atoms with Gasteiger partial charge in [-0.2, -0.15) is 13.5 Å². The number of hydrogen-bond donors (Lipinski definition) is 0. The van der Waals surface area contributed by atoms with E-state index in [1.165, 1.54) is 12.4 Å². The lowest BCUT2D eigenvalue weighted by Gasteiger charge is -2.03. The fourth-order valence-electron chi connectivity index (χ4n) is 1.20. The molecule has 0 N–H and O–H groups in total. The van der Waals surface area contributed by atoms with E-state index in [0.29, 0.717) is 6.29 Å². The molecule has 0 saturated carbocycles. The molecule has 2 aromatic rings. The third kappa shape index (κ3) is 1.63. The molecule has 2 aromatic heterocycles. The summed E-state index contributed by atoms with van der Waals surface area (Å²) in [5.74, 6) is 0. The van der Waals surface area contributed by atoms with E-state index in [0.717, 1.165) is 10.9 Å². The van der Waals surface area contributed by atoms with Gasteiger partial charge in [-0.25, -0.2) is 4.98 Å². The lowest BCUT2D eigenvalue weighted by molar-refractivity contribution is -0.129. The smallest absolute Gasteiger partial charge is 0.342 e. The summed E-state index contributed by atoms with van der Waals surface area (Å²) in [7, 11) is 0. The molecule has 2 heterocycles. The molecule has 5 nitrogen and oxygen atoms in total. The second-order valence-electron chi connectivity index (χ2n) is 2.62. The average molecular weight is 213 g/mol. The van der Waals surface area contributed by atoms with Gasteiger partial charge in [0.05, 0.1) is 11.8 Å². The van der Waals surface area contributed by atoms with Crippen molar-refractivity contribution in [3.63, 3.8) is 0 Å². The van der Waals surface area contributed by atoms with Gasteiger partial charge in [-0.15, -0.1) is 0 Å². The van der Waals surface area contributed by atoms with Gasteiger partial charge in [-0.1, -0.05) is 0 Å². The molecular formula is C8H5F2N3O2. The molecule has 0 aliphatic rings. The number of fused-ring (bicyclic) bond motifs is 1. The number of aldehydes is 1. The molecule has 0 amide bonds. The molecule has 0 spiro atoms. The van der Waals surface area contributed by atoms with Gasteiger partial charge in [-0.3, -0.25) is 9.78 Å². The minimum atomic E-state index is -2.98. The molecule has 78 valence electrons. The number of halogens is 2. The van der Waals surface area contributed by atoms with Gasteiger partial charge < -0.3 is 4.84 Å². The van der Waals surface area contributed by atoms with Crippen LogP contribution in [0.4, 0.5) is 8.78 Å². The van der Waals surface area contributed by atoms with E-state index in [9.17, 15) is 13.6 Å². The second-order valence-corrected chi connectivity index (χ2v) is 2.62. The summed E-state index contributed by atoms with van der Waals surface area (Å²) < 4.78 is 24.7. The van der Waals surface area contributed by atoms with E-state index < -0.39 is 6.61 Å². The van der Waals surface area contributed by atoms with Gasteiger partial charge >= 0.3 is 6.61 Å². The van der Waals surface area contributed by atoms with E-state index in [-0.39, 0.29) is 16.7 Å². The van der Waals surface area contributed by atoms with Crippen molar-refractivity contribution in [2.24, 2.45) is 0 Å². The molecule has 0 aliphatic carbocycles. The molecule has 15 heavy (non-hydrogen) atoms. The number of carbonyl (C=O) groups is 1. The van der Waals surface area contributed by atoms with E-state index >= 15 is 0 Å². The molecule has 0 radical (unpaired) electrons. The van der Waals surface area contributed by atoms with Gasteiger partial charge in [0.1, 0.15) is 5.52 Å². The van der Waals surface area contributed by atoms with E-state index in [1.54, 1.807) is 0 Å². The van der Waals surface area contributed by atoms with Crippen LogP contribution in [0.2, 0.25) is 0 Å². The van der Waals surface area contributed by atoms with Crippen LogP contribution in [0, 0.1) is 0 Å². The summed E-state index contributed by atoms with van der Waals surface area (Å²) >= 11 is 0. The van der Waals surface area contributed by atoms with Crippen molar-refractivity contribution in [3.05, 3.63) is 24.2 Å². The molecule has 0 fully saturated rings. The molecule has 0 bridgehead atoms. The maximum atomic E-state index is 12.0. The maximum absolute atomic E-state index is 12.0. The maximum Gasteiger partial charge on any atom is 0.405 e. The SMILES string of the molecule is O=Cc1cn(OC(F)F)c2nccnc12. The third-order valence-electron chi connectivity index (χ3n) is 1.74. The highest BCUT2D eigenvalue weighted by atomic mass is 19.3. The largest absolute Gasteiger partial charge is 0.405 e. The summed E-state index contributed by atoms with van der Waals surface area (Å²) in [6.07, 6.45) is 4.30. The van der Waals surface area contributed by atoms with Gasteiger partial charge in [-0.05, 0) is 0 Å². The fraction of sp³-hybridized carbons (Fsp3) is 0.125. The van der Waals surface area contributed by atoms with Crippen molar-refractivity contribution in [2.45, 2.75) is 6.61 Å². The zero-order valence-electron chi connectivity index (χ0n) is 7.30. The van der Waals surface area contributed by atoms with Gasteiger partial charge in [0.25, 0.3) is 0 Å². The van der Waals surface area contributed by atoms with Crippen LogP contribution in [0.5, 0.6) is 0 Å². The van der Waals surface area contributed by atoms with Crippen LogP contribution in [0.25, 0.3) is 11.2 Å². The lowest BCUT2D eigenvalue weighted by atomic mass is 10.3. The number of hydrogen-bond acceptors (Lipinski definition) is 4. The normalized spacial score (nSPS) is 10.9. The molecule has 7 heteroatoms. The van der Waals surface area contributed by atoms with Gasteiger partial charge in [0, 0.05) is 12.4 Å². The van der Waals surface area contributed by atoms with Crippen molar-refractivity contribution in [3.8, 4) is 0 Å². The molecule has 0 aliphatic heterocycles. The Hall–Kier alpha value is -2.05. The predicted molar refractivity (Wildman–Crippen MR) is 45.5 cm³/mol. The molecule has 0 saturated heterocycles. The number of rotatable bonds is 3. The van der Waals surface area contributed by atoms with Crippen LogP contribution >= 0.6 is 0 Å². The van der Waals surface area contributed by atoms with Crippen molar-refractivity contribution >= 4 is 17.5 Å². The standard InChI is InChI=1S/C8H5F2N3O2/c9-8(10)15-13-3-5(4-14)6-7(13)12-2-1-11-6/h1-4,8H. The molecule has 0 aromatic carbocycles. The van der Waals surface area contributed by atoms with Crippen LogP contribution in [-0.2, 0) is 0 Å². The van der Waals surface area contributed by atoms with Crippen LogP contribution in [0.1, 0.15) is 10.4 Å². The Labute approximate surface area is 82.3 Å². The van der Waals surface area contributed by atoms with Crippen molar-refractivity contribution in [2.75, 3.05) is 0 Å².